The number of nitrogens with zero attached hydrogens (tertiary/aromatic N) is 1. The van der Waals surface area contributed by atoms with Crippen LogP contribution in [0.15, 0.2) is 66.2 Å². The van der Waals surface area contributed by atoms with Gasteiger partial charge in [0.25, 0.3) is 11.7 Å². The van der Waals surface area contributed by atoms with Crippen molar-refractivity contribution in [2.45, 2.75) is 38.6 Å². The Morgan fingerprint density at radius 2 is 1.63 bits per heavy atom. The molecule has 1 fully saturated rings. The van der Waals surface area contributed by atoms with Gasteiger partial charge in [-0.15, -0.1) is 0 Å². The second kappa shape index (κ2) is 10.6. The van der Waals surface area contributed by atoms with Crippen molar-refractivity contribution >= 4 is 23.1 Å². The van der Waals surface area contributed by atoms with E-state index in [0.717, 1.165) is 25.7 Å². The lowest BCUT2D eigenvalue weighted by atomic mass is 9.88. The van der Waals surface area contributed by atoms with E-state index in [9.17, 15) is 14.7 Å². The molecule has 3 aromatic carbocycles. The van der Waals surface area contributed by atoms with E-state index in [-0.39, 0.29) is 11.3 Å². The van der Waals surface area contributed by atoms with Crippen LogP contribution in [0.1, 0.15) is 48.1 Å². The van der Waals surface area contributed by atoms with Gasteiger partial charge in [-0.25, -0.2) is 0 Å². The number of methoxy groups -OCH3 is 2. The predicted octanol–water partition coefficient (Wildman–Crippen LogP) is 5.61. The fourth-order valence-corrected chi connectivity index (χ4v) is 5.32. The third-order valence-electron chi connectivity index (χ3n) is 7.22. The largest absolute Gasteiger partial charge is 0.507 e. The number of fused-ring (bicyclic) bond motifs is 1. The second-order valence-corrected chi connectivity index (χ2v) is 9.40. The molecule has 1 saturated heterocycles. The van der Waals surface area contributed by atoms with Gasteiger partial charge in [0.1, 0.15) is 11.5 Å². The number of Topliss-reactive ketones (excluding diaryl/α,β-unsaturated/α-hetero) is 1. The Morgan fingerprint density at radius 1 is 0.895 bits per heavy atom. The summed E-state index contributed by atoms with van der Waals surface area (Å²) in [6, 6.07) is 17.1. The lowest BCUT2D eigenvalue weighted by Gasteiger charge is -2.26. The Morgan fingerprint density at radius 3 is 2.32 bits per heavy atom. The Kier molecular flexibility index (Phi) is 7.09. The zero-order chi connectivity index (χ0) is 26.8. The number of anilines is 1. The van der Waals surface area contributed by atoms with Crippen LogP contribution in [0.25, 0.3) is 5.76 Å². The highest BCUT2D eigenvalue weighted by Gasteiger charge is 2.47. The first-order chi connectivity index (χ1) is 18.5. The van der Waals surface area contributed by atoms with Crippen LogP contribution in [0, 0.1) is 0 Å². The lowest BCUT2D eigenvalue weighted by molar-refractivity contribution is -0.132. The fraction of sp³-hybridized carbons (Fsp3) is 0.290. The first-order valence-electron chi connectivity index (χ1n) is 12.8. The van der Waals surface area contributed by atoms with Crippen LogP contribution >= 0.6 is 0 Å². The quantitative estimate of drug-likeness (QED) is 0.251. The minimum Gasteiger partial charge on any atom is -0.507 e. The van der Waals surface area contributed by atoms with Crippen LogP contribution in [0.2, 0.25) is 0 Å². The molecular formula is C31H31NO6. The smallest absolute Gasteiger partial charge is 0.300 e. The molecule has 1 atom stereocenters. The van der Waals surface area contributed by atoms with Crippen LogP contribution in [0.3, 0.4) is 0 Å². The maximum atomic E-state index is 13.5. The topological polar surface area (TPSA) is 85.3 Å². The first-order valence-corrected chi connectivity index (χ1v) is 12.8. The number of amides is 1. The molecule has 3 aromatic rings. The van der Waals surface area contributed by atoms with Gasteiger partial charge in [0.15, 0.2) is 11.5 Å². The summed E-state index contributed by atoms with van der Waals surface area (Å²) in [5.74, 6) is 0.00194. The average molecular weight is 514 g/mol. The molecule has 1 N–H and O–H groups in total. The number of rotatable bonds is 7. The summed E-state index contributed by atoms with van der Waals surface area (Å²) in [6.07, 6.45) is 4.16. The number of aryl methyl sites for hydroxylation is 2. The van der Waals surface area contributed by atoms with Crippen LogP contribution in [0.5, 0.6) is 17.2 Å². The minimum absolute atomic E-state index is 0.0363. The summed E-state index contributed by atoms with van der Waals surface area (Å²) in [7, 11) is 3.11. The average Bonchev–Trinajstić information content (AvgIpc) is 3.22. The molecule has 2 aliphatic rings. The number of benzene rings is 3. The van der Waals surface area contributed by atoms with Gasteiger partial charge in [0.05, 0.1) is 32.4 Å². The molecule has 0 aromatic heterocycles. The normalized spacial score (nSPS) is 18.3. The van der Waals surface area contributed by atoms with Gasteiger partial charge in [-0.1, -0.05) is 18.2 Å². The number of carbonyl (C=O) groups excluding carboxylic acids is 2. The summed E-state index contributed by atoms with van der Waals surface area (Å²) in [6.45, 7) is 2.28. The molecular weight excluding hydrogens is 482 g/mol. The Hall–Kier alpha value is -4.26. The number of hydrogen-bond donors (Lipinski definition) is 1. The standard InChI is InChI=1S/C31H31NO6/c1-4-38-26-18-21(11-16-25(26)37-3)28-27(29(33)22-10-9-19-7-5-6-8-20(19)17-22)30(34)31(35)32(28)23-12-14-24(36-2)15-13-23/h9-18,28,33H,4-8H2,1-3H3/b29-27+. The molecule has 0 spiro atoms. The summed E-state index contributed by atoms with van der Waals surface area (Å²) in [5.41, 5.74) is 4.12. The van der Waals surface area contributed by atoms with Gasteiger partial charge in [0, 0.05) is 11.3 Å². The second-order valence-electron chi connectivity index (χ2n) is 9.40. The van der Waals surface area contributed by atoms with E-state index in [1.165, 1.54) is 16.0 Å². The summed E-state index contributed by atoms with van der Waals surface area (Å²) >= 11 is 0. The highest BCUT2D eigenvalue weighted by atomic mass is 16.5. The predicted molar refractivity (Wildman–Crippen MR) is 145 cm³/mol. The highest BCUT2D eigenvalue weighted by molar-refractivity contribution is 6.51. The third-order valence-corrected chi connectivity index (χ3v) is 7.22. The Bertz CT molecular complexity index is 1410. The monoisotopic (exact) mass is 513 g/mol. The number of carbonyl (C=O) groups is 2. The SMILES string of the molecule is CCOc1cc(C2/C(=C(\O)c3ccc4c(c3)CCCC4)C(=O)C(=O)N2c2ccc(OC)cc2)ccc1OC. The van der Waals surface area contributed by atoms with Gasteiger partial charge in [-0.3, -0.25) is 14.5 Å². The van der Waals surface area contributed by atoms with E-state index in [1.807, 2.05) is 25.1 Å². The molecule has 1 amide bonds. The van der Waals surface area contributed by atoms with Crippen LogP contribution in [0.4, 0.5) is 5.69 Å². The molecule has 1 heterocycles. The highest BCUT2D eigenvalue weighted by Crippen LogP contribution is 2.44. The fourth-order valence-electron chi connectivity index (χ4n) is 5.32. The van der Waals surface area contributed by atoms with Crippen molar-refractivity contribution in [3.05, 3.63) is 88.5 Å². The van der Waals surface area contributed by atoms with E-state index < -0.39 is 17.7 Å². The van der Waals surface area contributed by atoms with Crippen molar-refractivity contribution in [1.82, 2.24) is 0 Å². The van der Waals surface area contributed by atoms with E-state index in [1.54, 1.807) is 56.7 Å². The number of aliphatic hydroxyl groups excluding tert-OH is 1. The molecule has 0 radical (unpaired) electrons. The van der Waals surface area contributed by atoms with Crippen LogP contribution in [-0.2, 0) is 22.4 Å². The zero-order valence-electron chi connectivity index (χ0n) is 21.8. The molecule has 0 bridgehead atoms. The van der Waals surface area contributed by atoms with Gasteiger partial charge in [-0.05, 0) is 91.8 Å². The molecule has 38 heavy (non-hydrogen) atoms. The lowest BCUT2D eigenvalue weighted by Crippen LogP contribution is -2.29. The molecule has 196 valence electrons. The zero-order valence-corrected chi connectivity index (χ0v) is 21.8. The van der Waals surface area contributed by atoms with Crippen molar-refractivity contribution < 1.29 is 28.9 Å². The van der Waals surface area contributed by atoms with E-state index in [4.69, 9.17) is 14.2 Å². The van der Waals surface area contributed by atoms with E-state index >= 15 is 0 Å². The van der Waals surface area contributed by atoms with Crippen LogP contribution in [-0.4, -0.2) is 37.6 Å². The maximum Gasteiger partial charge on any atom is 0.300 e. The number of ether oxygens (including phenoxy) is 3. The molecule has 0 saturated carbocycles. The molecule has 7 nitrogen and oxygen atoms in total. The number of ketones is 1. The number of aliphatic hydroxyl groups is 1. The minimum atomic E-state index is -0.871. The van der Waals surface area contributed by atoms with Crippen molar-refractivity contribution in [3.63, 3.8) is 0 Å². The first kappa shape index (κ1) is 25.4. The van der Waals surface area contributed by atoms with E-state index in [0.29, 0.717) is 40.7 Å². The summed E-state index contributed by atoms with van der Waals surface area (Å²) in [4.78, 5) is 28.5. The molecule has 5 rings (SSSR count). The summed E-state index contributed by atoms with van der Waals surface area (Å²) < 4.78 is 16.5. The Balaban J connectivity index is 1.69. The van der Waals surface area contributed by atoms with Crippen molar-refractivity contribution in [2.75, 3.05) is 25.7 Å². The third kappa shape index (κ3) is 4.49. The van der Waals surface area contributed by atoms with E-state index in [2.05, 4.69) is 0 Å². The van der Waals surface area contributed by atoms with Gasteiger partial charge in [-0.2, -0.15) is 0 Å². The molecule has 1 unspecified atom stereocenters. The maximum absolute atomic E-state index is 13.5. The molecule has 7 heteroatoms. The van der Waals surface area contributed by atoms with Gasteiger partial charge < -0.3 is 19.3 Å². The van der Waals surface area contributed by atoms with Gasteiger partial charge in [0.2, 0.25) is 0 Å². The summed E-state index contributed by atoms with van der Waals surface area (Å²) in [5, 5.41) is 11.6. The van der Waals surface area contributed by atoms with Crippen molar-refractivity contribution in [3.8, 4) is 17.2 Å². The van der Waals surface area contributed by atoms with Crippen LogP contribution < -0.4 is 19.1 Å². The van der Waals surface area contributed by atoms with Crippen molar-refractivity contribution in [1.29, 1.82) is 0 Å². The number of hydrogen-bond acceptors (Lipinski definition) is 6. The molecule has 1 aliphatic heterocycles. The Labute approximate surface area is 222 Å². The molecule has 1 aliphatic carbocycles. The van der Waals surface area contributed by atoms with Gasteiger partial charge >= 0.3 is 0 Å². The van der Waals surface area contributed by atoms with Crippen molar-refractivity contribution in [2.24, 2.45) is 0 Å².